The van der Waals surface area contributed by atoms with Crippen LogP contribution in [-0.4, -0.2) is 26.4 Å². The number of benzene rings is 2. The third-order valence-electron chi connectivity index (χ3n) is 4.27. The first-order valence-corrected chi connectivity index (χ1v) is 7.79. The van der Waals surface area contributed by atoms with Crippen molar-refractivity contribution in [2.75, 3.05) is 26.4 Å². The third-order valence-corrected chi connectivity index (χ3v) is 4.27. The molecule has 1 fully saturated rings. The summed E-state index contributed by atoms with van der Waals surface area (Å²) in [4.78, 5) is 0. The van der Waals surface area contributed by atoms with Crippen LogP contribution in [-0.2, 0) is 0 Å². The van der Waals surface area contributed by atoms with Gasteiger partial charge in [-0.05, 0) is 48.7 Å². The standard InChI is InChI=1S/C19H20FNO3/c20-15-3-1-13(2-4-15)17-7-8-21-10-14(17)11-22-16-5-6-18-19(9-16)24-12-23-18/h1-6,9,14,17,21H,7-8,10-12H2/t14?,17-/m0/s1/i1D,2D,3D,4D,12D2. The average molecular weight is 335 g/mol. The Hall–Kier alpha value is -2.27. The molecule has 1 unspecified atom stereocenters. The number of halogens is 1. The quantitative estimate of drug-likeness (QED) is 0.930. The van der Waals surface area contributed by atoms with E-state index in [1.54, 1.807) is 12.1 Å². The maximum Gasteiger partial charge on any atom is 0.231 e. The Morgan fingerprint density at radius 2 is 2.08 bits per heavy atom. The van der Waals surface area contributed by atoms with E-state index in [1.807, 2.05) is 0 Å². The molecule has 2 aliphatic heterocycles. The molecule has 1 N–H and O–H groups in total. The highest BCUT2D eigenvalue weighted by Crippen LogP contribution is 2.36. The zero-order valence-corrected chi connectivity index (χ0v) is 12.8. The number of nitrogens with one attached hydrogen (secondary N) is 1. The molecule has 2 aromatic carbocycles. The molecule has 4 nitrogen and oxygen atoms in total. The van der Waals surface area contributed by atoms with Gasteiger partial charge in [0.1, 0.15) is 14.3 Å². The van der Waals surface area contributed by atoms with Gasteiger partial charge in [-0.15, -0.1) is 0 Å². The van der Waals surface area contributed by atoms with Gasteiger partial charge in [-0.1, -0.05) is 12.1 Å². The van der Waals surface area contributed by atoms with Gasteiger partial charge in [-0.3, -0.25) is 0 Å². The fraction of sp³-hybridized carbons (Fsp3) is 0.368. The summed E-state index contributed by atoms with van der Waals surface area (Å²) in [5.41, 5.74) is 0.209. The van der Waals surface area contributed by atoms with Gasteiger partial charge in [0.2, 0.25) is 6.75 Å². The van der Waals surface area contributed by atoms with Crippen LogP contribution in [0.25, 0.3) is 0 Å². The van der Waals surface area contributed by atoms with Crippen molar-refractivity contribution in [2.45, 2.75) is 12.3 Å². The van der Waals surface area contributed by atoms with Crippen molar-refractivity contribution in [1.29, 1.82) is 0 Å². The maximum absolute atomic E-state index is 13.9. The van der Waals surface area contributed by atoms with Crippen molar-refractivity contribution >= 4 is 0 Å². The van der Waals surface area contributed by atoms with Gasteiger partial charge >= 0.3 is 0 Å². The summed E-state index contributed by atoms with van der Waals surface area (Å²) in [6, 6.07) is 2.69. The number of hydrogen-bond donors (Lipinski definition) is 1. The first-order valence-electron chi connectivity index (χ1n) is 10.8. The van der Waals surface area contributed by atoms with Crippen molar-refractivity contribution in [2.24, 2.45) is 5.92 Å². The Morgan fingerprint density at radius 3 is 2.96 bits per heavy atom. The molecule has 2 heterocycles. The summed E-state index contributed by atoms with van der Waals surface area (Å²) in [5.74, 6) is -0.696. The minimum Gasteiger partial charge on any atom is -0.493 e. The summed E-state index contributed by atoms with van der Waals surface area (Å²) in [6.45, 7) is -0.841. The molecule has 0 aliphatic carbocycles. The lowest BCUT2D eigenvalue weighted by molar-refractivity contribution is 0.173. The molecule has 0 amide bonds. The maximum atomic E-state index is 13.9. The fourth-order valence-electron chi connectivity index (χ4n) is 3.03. The Morgan fingerprint density at radius 1 is 1.25 bits per heavy atom. The van der Waals surface area contributed by atoms with E-state index in [0.717, 1.165) is 0 Å². The highest BCUT2D eigenvalue weighted by Gasteiger charge is 2.27. The predicted molar refractivity (Wildman–Crippen MR) is 88.2 cm³/mol. The van der Waals surface area contributed by atoms with Crippen LogP contribution < -0.4 is 19.5 Å². The average Bonchev–Trinajstić information content (AvgIpc) is 3.03. The van der Waals surface area contributed by atoms with E-state index >= 15 is 0 Å². The number of hydrogen-bond acceptors (Lipinski definition) is 4. The van der Waals surface area contributed by atoms with E-state index in [0.29, 0.717) is 25.3 Å². The van der Waals surface area contributed by atoms with E-state index in [9.17, 15) is 4.39 Å². The summed E-state index contributed by atoms with van der Waals surface area (Å²) in [5, 5.41) is 3.24. The Kier molecular flexibility index (Phi) is 2.76. The largest absolute Gasteiger partial charge is 0.493 e. The minimum atomic E-state index is -2.22. The van der Waals surface area contributed by atoms with Crippen molar-refractivity contribution in [3.8, 4) is 17.2 Å². The summed E-state index contributed by atoms with van der Waals surface area (Å²) >= 11 is 0. The molecule has 0 spiro atoms. The first kappa shape index (κ1) is 9.89. The van der Waals surface area contributed by atoms with E-state index in [4.69, 9.17) is 22.4 Å². The van der Waals surface area contributed by atoms with Gasteiger partial charge in [-0.2, -0.15) is 0 Å². The lowest BCUT2D eigenvalue weighted by Gasteiger charge is -2.32. The topological polar surface area (TPSA) is 39.7 Å². The van der Waals surface area contributed by atoms with Gasteiger partial charge in [0.15, 0.2) is 11.5 Å². The highest BCUT2D eigenvalue weighted by atomic mass is 19.1. The molecule has 2 atom stereocenters. The molecule has 1 saturated heterocycles. The zero-order valence-electron chi connectivity index (χ0n) is 18.8. The van der Waals surface area contributed by atoms with Gasteiger partial charge in [0.25, 0.3) is 0 Å². The molecule has 0 radical (unpaired) electrons. The molecule has 2 aromatic rings. The molecular formula is C19H20FNO3. The predicted octanol–water partition coefficient (Wildman–Crippen LogP) is 3.33. The SMILES string of the molecule is [2H]c1c([2H])c([C@@H]2CCNCC2COc2ccc3c(c2)OC([2H])([2H])O3)c([2H])c([2H])c1F. The molecule has 2 aliphatic rings. The van der Waals surface area contributed by atoms with Gasteiger partial charge in [-0.25, -0.2) is 4.39 Å². The first-order chi connectivity index (χ1) is 14.2. The molecule has 4 rings (SSSR count). The van der Waals surface area contributed by atoms with Gasteiger partial charge in [0, 0.05) is 18.5 Å². The minimum absolute atomic E-state index is 0.173. The van der Waals surface area contributed by atoms with Crippen LogP contribution in [0.3, 0.4) is 0 Å². The molecule has 24 heavy (non-hydrogen) atoms. The molecule has 0 aromatic heterocycles. The van der Waals surface area contributed by atoms with E-state index in [1.165, 1.54) is 6.07 Å². The van der Waals surface area contributed by atoms with Gasteiger partial charge < -0.3 is 19.5 Å². The molecule has 126 valence electrons. The number of ether oxygens (including phenoxy) is 3. The zero-order chi connectivity index (χ0) is 21.6. The number of fused-ring (bicyclic) bond motifs is 1. The third kappa shape index (κ3) is 3.17. The van der Waals surface area contributed by atoms with Crippen LogP contribution in [0.5, 0.6) is 17.2 Å². The second kappa shape index (κ2) is 6.69. The van der Waals surface area contributed by atoms with Crippen LogP contribution in [0.15, 0.2) is 42.4 Å². The Bertz CT molecular complexity index is 960. The molecule has 0 bridgehead atoms. The van der Waals surface area contributed by atoms with Crippen LogP contribution >= 0.6 is 0 Å². The van der Waals surface area contributed by atoms with Crippen molar-refractivity contribution in [3.05, 3.63) is 53.7 Å². The Balaban J connectivity index is 1.55. The fourth-order valence-corrected chi connectivity index (χ4v) is 3.03. The second-order valence-corrected chi connectivity index (χ2v) is 5.79. The number of piperidine rings is 1. The summed E-state index contributed by atoms with van der Waals surface area (Å²) in [7, 11) is 0. The van der Waals surface area contributed by atoms with E-state index < -0.39 is 24.6 Å². The van der Waals surface area contributed by atoms with Crippen LogP contribution in [0.1, 0.15) is 26.1 Å². The smallest absolute Gasteiger partial charge is 0.231 e. The van der Waals surface area contributed by atoms with Crippen LogP contribution in [0.2, 0.25) is 0 Å². The lowest BCUT2D eigenvalue weighted by atomic mass is 9.81. The second-order valence-electron chi connectivity index (χ2n) is 5.79. The van der Waals surface area contributed by atoms with Crippen molar-refractivity contribution in [1.82, 2.24) is 5.32 Å². The normalized spacial score (nSPS) is 28.0. The van der Waals surface area contributed by atoms with Crippen molar-refractivity contribution in [3.63, 3.8) is 0 Å². The van der Waals surface area contributed by atoms with Crippen LogP contribution in [0.4, 0.5) is 4.39 Å². The van der Waals surface area contributed by atoms with Crippen molar-refractivity contribution < 1.29 is 26.8 Å². The molecule has 5 heteroatoms. The van der Waals surface area contributed by atoms with Crippen LogP contribution in [0, 0.1) is 11.7 Å². The van der Waals surface area contributed by atoms with Gasteiger partial charge in [0.05, 0.1) is 12.1 Å². The summed E-state index contributed by atoms with van der Waals surface area (Å²) < 4.78 is 76.8. The van der Waals surface area contributed by atoms with E-state index in [-0.39, 0.29) is 47.6 Å². The Labute approximate surface area is 149 Å². The summed E-state index contributed by atoms with van der Waals surface area (Å²) in [6.07, 6.45) is 0.567. The monoisotopic (exact) mass is 335 g/mol. The highest BCUT2D eigenvalue weighted by molar-refractivity contribution is 5.46. The number of rotatable bonds is 4. The lowest BCUT2D eigenvalue weighted by Crippen LogP contribution is -2.38. The molecule has 0 saturated carbocycles. The van der Waals surface area contributed by atoms with E-state index in [2.05, 4.69) is 5.32 Å². The molecular weight excluding hydrogens is 309 g/mol.